The summed E-state index contributed by atoms with van der Waals surface area (Å²) in [4.78, 5) is 17.6. The Balaban J connectivity index is 1.44. The minimum atomic E-state index is -3.70. The zero-order valence-corrected chi connectivity index (χ0v) is 18.0. The van der Waals surface area contributed by atoms with E-state index in [0.717, 1.165) is 22.4 Å². The highest BCUT2D eigenvalue weighted by molar-refractivity contribution is 7.89. The van der Waals surface area contributed by atoms with Gasteiger partial charge in [0.15, 0.2) is 0 Å². The molecule has 1 amide bonds. The van der Waals surface area contributed by atoms with Crippen molar-refractivity contribution in [3.63, 3.8) is 0 Å². The van der Waals surface area contributed by atoms with E-state index in [2.05, 4.69) is 14.9 Å². The molecule has 8 heteroatoms. The van der Waals surface area contributed by atoms with Crippen LogP contribution in [0.25, 0.3) is 11.0 Å². The summed E-state index contributed by atoms with van der Waals surface area (Å²) in [6.45, 7) is 5.20. The Labute approximate surface area is 176 Å². The Bertz CT molecular complexity index is 1170. The summed E-state index contributed by atoms with van der Waals surface area (Å²) in [7, 11) is -3.70. The van der Waals surface area contributed by atoms with Gasteiger partial charge in [-0.25, -0.2) is 13.4 Å². The number of hydrogen-bond acceptors (Lipinski definition) is 4. The quantitative estimate of drug-likeness (QED) is 0.657. The Kier molecular flexibility index (Phi) is 5.62. The van der Waals surface area contributed by atoms with E-state index in [1.807, 2.05) is 38.1 Å². The average Bonchev–Trinajstić information content (AvgIpc) is 3.34. The van der Waals surface area contributed by atoms with Crippen LogP contribution in [0.4, 0.5) is 0 Å². The summed E-state index contributed by atoms with van der Waals surface area (Å²) in [6, 6.07) is 14.0. The lowest BCUT2D eigenvalue weighted by atomic mass is 10.2. The van der Waals surface area contributed by atoms with Crippen LogP contribution in [0.1, 0.15) is 24.2 Å². The number of aryl methyl sites for hydroxylation is 2. The van der Waals surface area contributed by atoms with Crippen LogP contribution in [0.5, 0.6) is 0 Å². The van der Waals surface area contributed by atoms with Crippen molar-refractivity contribution in [3.05, 3.63) is 59.9 Å². The molecule has 2 heterocycles. The zero-order chi connectivity index (χ0) is 21.3. The van der Waals surface area contributed by atoms with E-state index in [9.17, 15) is 13.2 Å². The van der Waals surface area contributed by atoms with Crippen molar-refractivity contribution < 1.29 is 13.2 Å². The molecule has 1 atom stereocenters. The molecule has 7 nitrogen and oxygen atoms in total. The van der Waals surface area contributed by atoms with Crippen molar-refractivity contribution >= 4 is 27.0 Å². The average molecular weight is 427 g/mol. The lowest BCUT2D eigenvalue weighted by molar-refractivity contribution is -0.124. The molecule has 0 radical (unpaired) electrons. The summed E-state index contributed by atoms with van der Waals surface area (Å²) in [5.74, 6) is 0.639. The van der Waals surface area contributed by atoms with E-state index in [1.54, 1.807) is 24.3 Å². The van der Waals surface area contributed by atoms with Gasteiger partial charge in [0.05, 0.1) is 15.9 Å². The second kappa shape index (κ2) is 8.20. The highest BCUT2D eigenvalue weighted by atomic mass is 32.2. The van der Waals surface area contributed by atoms with Crippen molar-refractivity contribution in [2.45, 2.75) is 44.2 Å². The van der Waals surface area contributed by atoms with E-state index in [4.69, 9.17) is 0 Å². The fourth-order valence-electron chi connectivity index (χ4n) is 4.02. The van der Waals surface area contributed by atoms with E-state index < -0.39 is 16.1 Å². The Morgan fingerprint density at radius 2 is 1.87 bits per heavy atom. The predicted octanol–water partition coefficient (Wildman–Crippen LogP) is 2.62. The van der Waals surface area contributed by atoms with Crippen molar-refractivity contribution in [2.24, 2.45) is 0 Å². The number of hydrogen-bond donors (Lipinski definition) is 1. The van der Waals surface area contributed by atoms with Gasteiger partial charge in [-0.3, -0.25) is 4.79 Å². The van der Waals surface area contributed by atoms with Crippen LogP contribution in [0, 0.1) is 13.8 Å². The lowest BCUT2D eigenvalue weighted by Crippen LogP contribution is -2.46. The number of imidazole rings is 1. The van der Waals surface area contributed by atoms with E-state index in [-0.39, 0.29) is 10.8 Å². The lowest BCUT2D eigenvalue weighted by Gasteiger charge is -2.23. The van der Waals surface area contributed by atoms with Crippen molar-refractivity contribution in [3.8, 4) is 0 Å². The van der Waals surface area contributed by atoms with Crippen molar-refractivity contribution in [1.29, 1.82) is 0 Å². The molecule has 30 heavy (non-hydrogen) atoms. The molecule has 2 aromatic carbocycles. The van der Waals surface area contributed by atoms with E-state index >= 15 is 0 Å². The van der Waals surface area contributed by atoms with Gasteiger partial charge >= 0.3 is 0 Å². The smallest absolute Gasteiger partial charge is 0.243 e. The van der Waals surface area contributed by atoms with Crippen molar-refractivity contribution in [1.82, 2.24) is 19.2 Å². The highest BCUT2D eigenvalue weighted by Gasteiger charge is 2.39. The molecule has 0 spiro atoms. The van der Waals surface area contributed by atoms with Crippen LogP contribution in [0.15, 0.2) is 53.4 Å². The number of carbonyl (C=O) groups is 1. The fraction of sp³-hybridized carbons (Fsp3) is 0.364. The summed E-state index contributed by atoms with van der Waals surface area (Å²) < 4.78 is 29.5. The molecule has 1 aliphatic rings. The highest BCUT2D eigenvalue weighted by Crippen LogP contribution is 2.26. The molecule has 1 aliphatic heterocycles. The summed E-state index contributed by atoms with van der Waals surface area (Å²) in [5.41, 5.74) is 2.94. The first-order valence-corrected chi connectivity index (χ1v) is 11.6. The first kappa shape index (κ1) is 20.6. The second-order valence-electron chi connectivity index (χ2n) is 7.68. The maximum Gasteiger partial charge on any atom is 0.243 e. The minimum Gasteiger partial charge on any atom is -0.353 e. The van der Waals surface area contributed by atoms with Crippen LogP contribution < -0.4 is 5.32 Å². The molecular weight excluding hydrogens is 400 g/mol. The Hall–Kier alpha value is -2.71. The van der Waals surface area contributed by atoms with Crippen LogP contribution in [0.2, 0.25) is 0 Å². The third-order valence-corrected chi connectivity index (χ3v) is 7.54. The van der Waals surface area contributed by atoms with Crippen LogP contribution in [-0.2, 0) is 21.4 Å². The molecule has 1 aromatic heterocycles. The predicted molar refractivity (Wildman–Crippen MR) is 116 cm³/mol. The van der Waals surface area contributed by atoms with Gasteiger partial charge < -0.3 is 9.88 Å². The number of fused-ring (bicyclic) bond motifs is 1. The number of aromatic nitrogens is 2. The topological polar surface area (TPSA) is 84.3 Å². The minimum absolute atomic E-state index is 0.230. The molecule has 1 N–H and O–H groups in total. The zero-order valence-electron chi connectivity index (χ0n) is 17.2. The van der Waals surface area contributed by atoms with E-state index in [0.29, 0.717) is 32.5 Å². The van der Waals surface area contributed by atoms with Gasteiger partial charge in [0.25, 0.3) is 0 Å². The number of para-hydroxylation sites is 2. The molecule has 0 aliphatic carbocycles. The second-order valence-corrected chi connectivity index (χ2v) is 9.57. The normalized spacial score (nSPS) is 17.5. The SMILES string of the molecule is Cc1ccc(S(=O)(=O)N2CCCC2C(=O)NCCn2c(C)nc3ccccc32)cc1. The van der Waals surface area contributed by atoms with Crippen LogP contribution in [0.3, 0.4) is 0 Å². The van der Waals surface area contributed by atoms with Gasteiger partial charge in [-0.2, -0.15) is 4.31 Å². The molecule has 1 fully saturated rings. The number of nitrogens with zero attached hydrogens (tertiary/aromatic N) is 3. The van der Waals surface area contributed by atoms with Gasteiger partial charge in [0, 0.05) is 19.6 Å². The molecule has 0 saturated carbocycles. The van der Waals surface area contributed by atoms with Gasteiger partial charge in [-0.15, -0.1) is 0 Å². The summed E-state index contributed by atoms with van der Waals surface area (Å²) >= 11 is 0. The summed E-state index contributed by atoms with van der Waals surface area (Å²) in [6.07, 6.45) is 1.21. The molecule has 1 unspecified atom stereocenters. The number of benzene rings is 2. The van der Waals surface area contributed by atoms with E-state index in [1.165, 1.54) is 4.31 Å². The third kappa shape index (κ3) is 3.85. The summed E-state index contributed by atoms with van der Waals surface area (Å²) in [5, 5.41) is 2.92. The van der Waals surface area contributed by atoms with Gasteiger partial charge in [0.1, 0.15) is 11.9 Å². The molecular formula is C22H26N4O3S. The maximum absolute atomic E-state index is 13.0. The Morgan fingerprint density at radius 1 is 1.13 bits per heavy atom. The monoisotopic (exact) mass is 426 g/mol. The standard InChI is InChI=1S/C22H26N4O3S/c1-16-9-11-18(12-10-16)30(28,29)26-14-5-8-21(26)22(27)23-13-15-25-17(2)24-19-6-3-4-7-20(19)25/h3-4,6-7,9-12,21H,5,8,13-15H2,1-2H3,(H,23,27). The largest absolute Gasteiger partial charge is 0.353 e. The third-order valence-electron chi connectivity index (χ3n) is 5.61. The number of carbonyl (C=O) groups excluding carboxylic acids is 1. The number of amides is 1. The first-order valence-electron chi connectivity index (χ1n) is 10.2. The molecule has 4 rings (SSSR count). The molecule has 0 bridgehead atoms. The molecule has 3 aromatic rings. The number of nitrogens with one attached hydrogen (secondary N) is 1. The van der Waals surface area contributed by atoms with Crippen LogP contribution >= 0.6 is 0 Å². The number of sulfonamides is 1. The maximum atomic E-state index is 13.0. The van der Waals surface area contributed by atoms with Crippen LogP contribution in [-0.4, -0.2) is 47.3 Å². The molecule has 1 saturated heterocycles. The van der Waals surface area contributed by atoms with Gasteiger partial charge in [-0.1, -0.05) is 29.8 Å². The first-order chi connectivity index (χ1) is 14.4. The van der Waals surface area contributed by atoms with Gasteiger partial charge in [-0.05, 0) is 51.0 Å². The number of rotatable bonds is 6. The van der Waals surface area contributed by atoms with Gasteiger partial charge in [0.2, 0.25) is 15.9 Å². The Morgan fingerprint density at radius 3 is 2.63 bits per heavy atom. The molecule has 158 valence electrons. The fourth-order valence-corrected chi connectivity index (χ4v) is 5.68. The van der Waals surface area contributed by atoms with Crippen molar-refractivity contribution in [2.75, 3.05) is 13.1 Å².